The van der Waals surface area contributed by atoms with Crippen molar-refractivity contribution in [2.45, 2.75) is 13.0 Å². The topological polar surface area (TPSA) is 71.3 Å². The van der Waals surface area contributed by atoms with Crippen molar-refractivity contribution in [1.82, 2.24) is 4.57 Å². The molecule has 3 aromatic rings. The largest absolute Gasteiger partial charge is 0.394 e. The van der Waals surface area contributed by atoms with Crippen LogP contribution in [0.4, 0.5) is 5.69 Å². The van der Waals surface area contributed by atoms with Crippen LogP contribution in [-0.4, -0.2) is 22.2 Å². The molecule has 0 bridgehead atoms. The molecule has 1 unspecified atom stereocenters. The van der Waals surface area contributed by atoms with Crippen LogP contribution in [0.25, 0.3) is 10.8 Å². The number of carbonyl (C=O) groups is 1. The molecular weight excluding hydrogens is 340 g/mol. The van der Waals surface area contributed by atoms with Gasteiger partial charge in [-0.15, -0.1) is 0 Å². The first-order chi connectivity index (χ1) is 12.0. The maximum absolute atomic E-state index is 12.6. The number of halogens is 1. The first kappa shape index (κ1) is 17.2. The van der Waals surface area contributed by atoms with E-state index >= 15 is 0 Å². The molecule has 3 rings (SSSR count). The van der Waals surface area contributed by atoms with Crippen molar-refractivity contribution >= 4 is 34.0 Å². The highest BCUT2D eigenvalue weighted by atomic mass is 35.5. The highest BCUT2D eigenvalue weighted by molar-refractivity contribution is 6.34. The van der Waals surface area contributed by atoms with Gasteiger partial charge < -0.3 is 15.0 Å². The fourth-order valence-electron chi connectivity index (χ4n) is 2.67. The zero-order chi connectivity index (χ0) is 18.0. The van der Waals surface area contributed by atoms with Crippen LogP contribution in [0.1, 0.15) is 23.3 Å². The van der Waals surface area contributed by atoms with Gasteiger partial charge in [-0.05, 0) is 37.3 Å². The van der Waals surface area contributed by atoms with Gasteiger partial charge >= 0.3 is 0 Å². The first-order valence-corrected chi connectivity index (χ1v) is 8.21. The van der Waals surface area contributed by atoms with E-state index in [0.29, 0.717) is 27.0 Å². The minimum atomic E-state index is -0.342. The van der Waals surface area contributed by atoms with Crippen LogP contribution in [-0.2, 0) is 0 Å². The molecule has 25 heavy (non-hydrogen) atoms. The van der Waals surface area contributed by atoms with Gasteiger partial charge in [0.05, 0.1) is 23.2 Å². The van der Waals surface area contributed by atoms with Crippen molar-refractivity contribution in [2.24, 2.45) is 0 Å². The van der Waals surface area contributed by atoms with Crippen LogP contribution in [0.2, 0.25) is 5.02 Å². The smallest absolute Gasteiger partial charge is 0.258 e. The molecule has 1 heterocycles. The lowest BCUT2D eigenvalue weighted by Crippen LogP contribution is -2.25. The maximum Gasteiger partial charge on any atom is 0.258 e. The molecule has 5 nitrogen and oxygen atoms in total. The van der Waals surface area contributed by atoms with E-state index in [1.807, 2.05) is 0 Å². The van der Waals surface area contributed by atoms with Crippen LogP contribution in [0, 0.1) is 0 Å². The zero-order valence-corrected chi connectivity index (χ0v) is 14.3. The Balaban J connectivity index is 2.03. The summed E-state index contributed by atoms with van der Waals surface area (Å²) in [4.78, 5) is 25.1. The molecule has 1 aromatic heterocycles. The number of carbonyl (C=O) groups excluding carboxylic acids is 1. The number of aromatic nitrogens is 1. The van der Waals surface area contributed by atoms with E-state index in [0.717, 1.165) is 0 Å². The number of nitrogens with one attached hydrogen (secondary N) is 1. The van der Waals surface area contributed by atoms with E-state index in [9.17, 15) is 14.7 Å². The number of pyridine rings is 1. The summed E-state index contributed by atoms with van der Waals surface area (Å²) in [6.07, 6.45) is 1.62. The van der Waals surface area contributed by atoms with E-state index in [4.69, 9.17) is 11.6 Å². The highest BCUT2D eigenvalue weighted by Crippen LogP contribution is 2.23. The number of aliphatic hydroxyl groups excluding tert-OH is 1. The van der Waals surface area contributed by atoms with Crippen LogP contribution >= 0.6 is 11.6 Å². The van der Waals surface area contributed by atoms with Crippen molar-refractivity contribution in [1.29, 1.82) is 0 Å². The number of nitrogens with zero attached hydrogens (tertiary/aromatic N) is 1. The van der Waals surface area contributed by atoms with Crippen LogP contribution in [0.5, 0.6) is 0 Å². The SMILES string of the molecule is CC(CO)n1ccc2c(NC(=O)c3ccccc3Cl)cccc2c1=O. The third-order valence-corrected chi connectivity index (χ3v) is 4.41. The number of hydrogen-bond acceptors (Lipinski definition) is 3. The molecule has 0 aliphatic carbocycles. The summed E-state index contributed by atoms with van der Waals surface area (Å²) in [5, 5.41) is 13.6. The maximum atomic E-state index is 12.6. The number of benzene rings is 2. The minimum Gasteiger partial charge on any atom is -0.394 e. The second kappa shape index (κ2) is 7.09. The minimum absolute atomic E-state index is 0.131. The molecule has 0 fully saturated rings. The molecule has 0 spiro atoms. The van der Waals surface area contributed by atoms with E-state index in [-0.39, 0.29) is 24.1 Å². The number of amides is 1. The fraction of sp³-hybridized carbons (Fsp3) is 0.158. The summed E-state index contributed by atoms with van der Waals surface area (Å²) < 4.78 is 1.47. The highest BCUT2D eigenvalue weighted by Gasteiger charge is 2.14. The molecule has 2 N–H and O–H groups in total. The summed E-state index contributed by atoms with van der Waals surface area (Å²) in [5.41, 5.74) is 0.680. The Kier molecular flexibility index (Phi) is 4.88. The van der Waals surface area contributed by atoms with Gasteiger partial charge in [-0.25, -0.2) is 0 Å². The molecule has 2 aromatic carbocycles. The Labute approximate surface area is 149 Å². The van der Waals surface area contributed by atoms with Gasteiger partial charge in [0.1, 0.15) is 0 Å². The average Bonchev–Trinajstić information content (AvgIpc) is 2.62. The van der Waals surface area contributed by atoms with Crippen molar-refractivity contribution in [3.63, 3.8) is 0 Å². The Morgan fingerprint density at radius 3 is 2.64 bits per heavy atom. The van der Waals surface area contributed by atoms with Gasteiger partial charge in [0, 0.05) is 22.7 Å². The van der Waals surface area contributed by atoms with Gasteiger partial charge in [-0.3, -0.25) is 9.59 Å². The number of rotatable bonds is 4. The predicted molar refractivity (Wildman–Crippen MR) is 99.4 cm³/mol. The zero-order valence-electron chi connectivity index (χ0n) is 13.6. The van der Waals surface area contributed by atoms with E-state index < -0.39 is 0 Å². The van der Waals surface area contributed by atoms with E-state index in [1.165, 1.54) is 4.57 Å². The van der Waals surface area contributed by atoms with Crippen LogP contribution < -0.4 is 10.9 Å². The van der Waals surface area contributed by atoms with Gasteiger partial charge in [0.15, 0.2) is 0 Å². The van der Waals surface area contributed by atoms with E-state index in [2.05, 4.69) is 5.32 Å². The Bertz CT molecular complexity index is 997. The van der Waals surface area contributed by atoms with Gasteiger partial charge in [0.2, 0.25) is 0 Å². The standard InChI is InChI=1S/C19H17ClN2O3/c1-12(11-23)22-10-9-13-14(19(22)25)6-4-8-17(13)21-18(24)15-5-2-3-7-16(15)20/h2-10,12,23H,11H2,1H3,(H,21,24). The number of hydrogen-bond donors (Lipinski definition) is 2. The normalized spacial score (nSPS) is 12.1. The van der Waals surface area contributed by atoms with Crippen molar-refractivity contribution in [2.75, 3.05) is 11.9 Å². The monoisotopic (exact) mass is 356 g/mol. The Morgan fingerprint density at radius 2 is 1.92 bits per heavy atom. The molecule has 0 aliphatic rings. The fourth-order valence-corrected chi connectivity index (χ4v) is 2.89. The van der Waals surface area contributed by atoms with Crippen LogP contribution in [0.15, 0.2) is 59.5 Å². The van der Waals surface area contributed by atoms with Gasteiger partial charge in [-0.1, -0.05) is 29.8 Å². The third-order valence-electron chi connectivity index (χ3n) is 4.08. The summed E-state index contributed by atoms with van der Waals surface area (Å²) in [6, 6.07) is 13.3. The molecule has 1 atom stereocenters. The predicted octanol–water partition coefficient (Wildman–Crippen LogP) is 3.46. The molecule has 1 amide bonds. The van der Waals surface area contributed by atoms with Gasteiger partial charge in [-0.2, -0.15) is 0 Å². The number of aliphatic hydroxyl groups is 1. The summed E-state index contributed by atoms with van der Waals surface area (Å²) >= 11 is 6.06. The van der Waals surface area contributed by atoms with Crippen molar-refractivity contribution in [3.05, 3.63) is 75.7 Å². The average molecular weight is 357 g/mol. The molecule has 0 saturated heterocycles. The van der Waals surface area contributed by atoms with Crippen LogP contribution in [0.3, 0.4) is 0 Å². The lowest BCUT2D eigenvalue weighted by atomic mass is 10.1. The second-order valence-corrected chi connectivity index (χ2v) is 6.17. The Hall–Kier alpha value is -2.63. The molecule has 128 valence electrons. The molecule has 0 aliphatic heterocycles. The van der Waals surface area contributed by atoms with Crippen molar-refractivity contribution in [3.8, 4) is 0 Å². The van der Waals surface area contributed by atoms with E-state index in [1.54, 1.807) is 61.7 Å². The number of anilines is 1. The summed E-state index contributed by atoms with van der Waals surface area (Å²) in [7, 11) is 0. The molecule has 6 heteroatoms. The summed E-state index contributed by atoms with van der Waals surface area (Å²) in [6.45, 7) is 1.63. The quantitative estimate of drug-likeness (QED) is 0.752. The third kappa shape index (κ3) is 3.29. The van der Waals surface area contributed by atoms with Crippen molar-refractivity contribution < 1.29 is 9.90 Å². The number of fused-ring (bicyclic) bond motifs is 1. The second-order valence-electron chi connectivity index (χ2n) is 5.76. The van der Waals surface area contributed by atoms with Gasteiger partial charge in [0.25, 0.3) is 11.5 Å². The first-order valence-electron chi connectivity index (χ1n) is 7.83. The lowest BCUT2D eigenvalue weighted by Gasteiger charge is -2.15. The molecular formula is C19H17ClN2O3. The Morgan fingerprint density at radius 1 is 1.16 bits per heavy atom. The summed E-state index contributed by atoms with van der Waals surface area (Å²) in [5.74, 6) is -0.342. The molecule has 0 radical (unpaired) electrons. The molecule has 0 saturated carbocycles. The lowest BCUT2D eigenvalue weighted by molar-refractivity contribution is 0.102.